The first-order valence-corrected chi connectivity index (χ1v) is 20.7. The smallest absolute Gasteiger partial charge is 0.323 e. The number of likely N-dealkylation sites (N-methyl/N-ethyl adjacent to an activating group) is 1. The first kappa shape index (κ1) is 47.9. The maximum atomic E-state index is 13.1. The maximum absolute atomic E-state index is 13.1. The highest BCUT2D eigenvalue weighted by Crippen LogP contribution is 2.35. The molecule has 1 saturated heterocycles. The van der Waals surface area contributed by atoms with Crippen LogP contribution in [0.1, 0.15) is 71.4 Å². The van der Waals surface area contributed by atoms with Crippen LogP contribution in [0.5, 0.6) is 11.5 Å². The molecule has 2 aliphatic rings. The average Bonchev–Trinajstić information content (AvgIpc) is 3.60. The number of carbonyl (C=O) groups excluding carboxylic acids is 6. The third kappa shape index (κ3) is 12.7. The fraction of sp³-hybridized carbons (Fsp3) is 0.419. The number of anilines is 3. The predicted molar refractivity (Wildman–Crippen MR) is 234 cm³/mol. The van der Waals surface area contributed by atoms with E-state index in [9.17, 15) is 28.8 Å². The monoisotopic (exact) mass is 886 g/mol. The Labute approximate surface area is 369 Å². The van der Waals surface area contributed by atoms with Gasteiger partial charge in [-0.25, -0.2) is 4.98 Å². The molecule has 0 saturated carbocycles. The molecule has 2 aliphatic heterocycles. The lowest BCUT2D eigenvalue weighted by Crippen LogP contribution is -2.52. The number of nitrogens with zero attached hydrogens (tertiary/aromatic N) is 3. The summed E-state index contributed by atoms with van der Waals surface area (Å²) in [5.74, 6) is -1.32. The van der Waals surface area contributed by atoms with Gasteiger partial charge in [-0.15, -0.1) is 0 Å². The van der Waals surface area contributed by atoms with Crippen molar-refractivity contribution in [2.45, 2.75) is 58.2 Å². The Hall–Kier alpha value is -7.13. The fourth-order valence-electron chi connectivity index (χ4n) is 6.97. The second-order valence-electron chi connectivity index (χ2n) is 14.4. The number of esters is 1. The number of amides is 5. The number of primary amides is 1. The van der Waals surface area contributed by atoms with Gasteiger partial charge >= 0.3 is 5.97 Å². The Morgan fingerprint density at radius 2 is 1.84 bits per heavy atom. The van der Waals surface area contributed by atoms with Crippen LogP contribution in [-0.4, -0.2) is 129 Å². The van der Waals surface area contributed by atoms with Gasteiger partial charge in [-0.3, -0.25) is 39.5 Å². The lowest BCUT2D eigenvalue weighted by atomic mass is 10.0. The van der Waals surface area contributed by atoms with Gasteiger partial charge in [0.15, 0.2) is 17.5 Å². The van der Waals surface area contributed by atoms with Gasteiger partial charge in [0.2, 0.25) is 17.7 Å². The molecule has 1 unspecified atom stereocenters. The van der Waals surface area contributed by atoms with Crippen molar-refractivity contribution in [1.82, 2.24) is 25.8 Å². The molecule has 2 atom stereocenters. The standard InChI is InChI=1S/C43H54N10O11/c1-5-62-25(2)50-39(44)27-10-6-11-30(38(27)60-4)51-32-21-35(49-22-28(32)40(45)56)47-17-18-61-24-37(55)48-16-8-12-31(46-3)43(59)64-20-19-63-34-13-7-9-26-29(34)23-53(42(26)58)33-14-15-36(54)52-41(33)57/h6-7,9-11,13,21-22,31,33,44,46H,5,8,12,14-20,23-24H2,1-4H3,(H2,45,56)(H,48,55)(H2,47,49,51)(H,52,54,57)/t31-,33?/m0/s1. The summed E-state index contributed by atoms with van der Waals surface area (Å²) in [6, 6.07) is 10.3. The highest BCUT2D eigenvalue weighted by atomic mass is 16.6. The molecule has 3 aromatic rings. The number of benzene rings is 2. The molecule has 1 aromatic heterocycles. The molecule has 0 radical (unpaired) electrons. The summed E-state index contributed by atoms with van der Waals surface area (Å²) >= 11 is 0. The van der Waals surface area contributed by atoms with E-state index in [1.807, 2.05) is 6.92 Å². The minimum Gasteiger partial charge on any atom is -0.494 e. The number of pyridine rings is 1. The maximum Gasteiger partial charge on any atom is 0.323 e. The quantitative estimate of drug-likeness (QED) is 0.0236. The Morgan fingerprint density at radius 1 is 1.05 bits per heavy atom. The summed E-state index contributed by atoms with van der Waals surface area (Å²) in [6.07, 6.45) is 2.58. The summed E-state index contributed by atoms with van der Waals surface area (Å²) in [6.45, 7) is 4.52. The number of rotatable bonds is 23. The van der Waals surface area contributed by atoms with Crippen LogP contribution in [-0.2, 0) is 39.9 Å². The number of piperidine rings is 1. The van der Waals surface area contributed by atoms with E-state index in [4.69, 9.17) is 34.8 Å². The van der Waals surface area contributed by atoms with Crippen molar-refractivity contribution in [1.29, 1.82) is 5.41 Å². The van der Waals surface area contributed by atoms with E-state index in [-0.39, 0.29) is 81.5 Å². The number of para-hydroxylation sites is 1. The van der Waals surface area contributed by atoms with Crippen molar-refractivity contribution in [3.05, 3.63) is 70.9 Å². The van der Waals surface area contributed by atoms with Gasteiger partial charge < -0.3 is 55.6 Å². The number of amidine groups is 1. The molecule has 1 fully saturated rings. The molecule has 0 spiro atoms. The molecule has 21 heteroatoms. The van der Waals surface area contributed by atoms with Crippen molar-refractivity contribution in [2.24, 2.45) is 10.7 Å². The normalized spacial score (nSPS) is 15.1. The number of nitrogens with one attached hydrogen (secondary N) is 6. The zero-order valence-electron chi connectivity index (χ0n) is 36.2. The number of aromatic nitrogens is 1. The third-order valence-electron chi connectivity index (χ3n) is 10.1. The molecule has 0 aliphatic carbocycles. The third-order valence-corrected chi connectivity index (χ3v) is 10.1. The summed E-state index contributed by atoms with van der Waals surface area (Å²) in [5, 5.41) is 22.7. The highest BCUT2D eigenvalue weighted by Gasteiger charge is 2.40. The molecule has 2 aromatic carbocycles. The number of nitrogens with two attached hydrogens (primary N) is 1. The van der Waals surface area contributed by atoms with Crippen LogP contribution < -0.4 is 41.8 Å². The van der Waals surface area contributed by atoms with E-state index in [0.717, 1.165) is 0 Å². The molecule has 8 N–H and O–H groups in total. The molecule has 21 nitrogen and oxygen atoms in total. The van der Waals surface area contributed by atoms with Crippen LogP contribution in [0, 0.1) is 5.41 Å². The van der Waals surface area contributed by atoms with Gasteiger partial charge in [0.25, 0.3) is 11.8 Å². The molecule has 5 rings (SSSR count). The van der Waals surface area contributed by atoms with E-state index >= 15 is 0 Å². The number of methoxy groups -OCH3 is 1. The summed E-state index contributed by atoms with van der Waals surface area (Å²) in [4.78, 5) is 84.4. The van der Waals surface area contributed by atoms with Crippen molar-refractivity contribution in [2.75, 3.05) is 70.9 Å². The van der Waals surface area contributed by atoms with Gasteiger partial charge in [-0.1, -0.05) is 12.1 Å². The van der Waals surface area contributed by atoms with E-state index in [0.29, 0.717) is 77.3 Å². The number of hydrogen-bond acceptors (Lipinski definition) is 16. The van der Waals surface area contributed by atoms with Crippen LogP contribution in [0.3, 0.4) is 0 Å². The fourth-order valence-corrected chi connectivity index (χ4v) is 6.97. The number of aliphatic imine (C=N–C) groups is 1. The van der Waals surface area contributed by atoms with E-state index in [1.54, 1.807) is 56.4 Å². The van der Waals surface area contributed by atoms with Crippen LogP contribution in [0.25, 0.3) is 0 Å². The minimum absolute atomic E-state index is 0.0258. The van der Waals surface area contributed by atoms with Crippen molar-refractivity contribution >= 4 is 64.4 Å². The number of carbonyl (C=O) groups is 6. The molecule has 342 valence electrons. The number of ether oxygens (including phenoxy) is 5. The van der Waals surface area contributed by atoms with E-state index in [1.165, 1.54) is 18.2 Å². The molecular formula is C43H54N10O11. The molecule has 64 heavy (non-hydrogen) atoms. The van der Waals surface area contributed by atoms with Gasteiger partial charge in [-0.2, -0.15) is 4.99 Å². The lowest BCUT2D eigenvalue weighted by Gasteiger charge is -2.29. The first-order chi connectivity index (χ1) is 30.8. The summed E-state index contributed by atoms with van der Waals surface area (Å²) < 4.78 is 27.8. The Balaban J connectivity index is 0.991. The van der Waals surface area contributed by atoms with Gasteiger partial charge in [-0.05, 0) is 57.5 Å². The second-order valence-corrected chi connectivity index (χ2v) is 14.4. The van der Waals surface area contributed by atoms with Crippen LogP contribution >= 0.6 is 0 Å². The number of hydrogen-bond donors (Lipinski definition) is 7. The molecule has 0 bridgehead atoms. The zero-order valence-corrected chi connectivity index (χ0v) is 36.2. The van der Waals surface area contributed by atoms with Crippen LogP contribution in [0.15, 0.2) is 53.7 Å². The topological polar surface area (TPSA) is 287 Å². The minimum atomic E-state index is -0.746. The average molecular weight is 887 g/mol. The van der Waals surface area contributed by atoms with Crippen LogP contribution in [0.4, 0.5) is 17.2 Å². The van der Waals surface area contributed by atoms with Crippen LogP contribution in [0.2, 0.25) is 0 Å². The van der Waals surface area contributed by atoms with Gasteiger partial charge in [0.05, 0.1) is 49.4 Å². The summed E-state index contributed by atoms with van der Waals surface area (Å²) in [5.41, 5.74) is 7.95. The van der Waals surface area contributed by atoms with Crippen molar-refractivity contribution in [3.8, 4) is 11.5 Å². The lowest BCUT2D eigenvalue weighted by molar-refractivity contribution is -0.147. The highest BCUT2D eigenvalue weighted by molar-refractivity contribution is 6.07. The summed E-state index contributed by atoms with van der Waals surface area (Å²) in [7, 11) is 3.09. The number of fused-ring (bicyclic) bond motifs is 1. The Kier molecular flexibility index (Phi) is 17.5. The SMILES string of the molecule is CCOC(C)=NC(=N)c1cccc(Nc2cc(NCCOCC(=O)NCCC[C@H](NC)C(=O)OCCOc3cccc4c3CN(C3CCC(=O)NC3=O)C4=O)ncc2C(N)=O)c1OC. The Morgan fingerprint density at radius 3 is 2.58 bits per heavy atom. The Bertz CT molecular complexity index is 2250. The number of imide groups is 1. The molecule has 5 amide bonds. The zero-order chi connectivity index (χ0) is 46.2. The molecular weight excluding hydrogens is 833 g/mol. The first-order valence-electron chi connectivity index (χ1n) is 20.7. The van der Waals surface area contributed by atoms with Crippen molar-refractivity contribution < 1.29 is 52.5 Å². The van der Waals surface area contributed by atoms with E-state index in [2.05, 4.69) is 36.6 Å². The second kappa shape index (κ2) is 23.4. The molecule has 3 heterocycles. The van der Waals surface area contributed by atoms with Crippen molar-refractivity contribution in [3.63, 3.8) is 0 Å². The van der Waals surface area contributed by atoms with E-state index < -0.39 is 29.9 Å². The predicted octanol–water partition coefficient (Wildman–Crippen LogP) is 2.01. The van der Waals surface area contributed by atoms with Gasteiger partial charge in [0.1, 0.15) is 43.5 Å². The largest absolute Gasteiger partial charge is 0.494 e. The van der Waals surface area contributed by atoms with Gasteiger partial charge in [0, 0.05) is 49.8 Å².